The smallest absolute Gasteiger partial charge is 0.246 e. The summed E-state index contributed by atoms with van der Waals surface area (Å²) in [4.78, 5) is 24.8. The Bertz CT molecular complexity index is 721. The number of amides is 1. The zero-order chi connectivity index (χ0) is 17.6. The summed E-state index contributed by atoms with van der Waals surface area (Å²) in [7, 11) is 1.84. The number of anilines is 1. The van der Waals surface area contributed by atoms with Gasteiger partial charge in [-0.15, -0.1) is 0 Å². The molecule has 0 bridgehead atoms. The number of carbonyl (C=O) groups excluding carboxylic acids is 1. The molecule has 1 amide bonds. The molecule has 10 nitrogen and oxygen atoms in total. The van der Waals surface area contributed by atoms with Crippen molar-refractivity contribution < 1.29 is 4.79 Å². The number of guanidine groups is 1. The van der Waals surface area contributed by atoms with Gasteiger partial charge in [-0.3, -0.25) is 19.2 Å². The highest BCUT2D eigenvalue weighted by Gasteiger charge is 2.27. The molecule has 0 radical (unpaired) electrons. The standard InChI is InChI=1S/C15H23N9O/c1-3-17-15(18-4-5-23-12-16-11-20-23)22-6-7-24(14(25)10-22)13-8-19-21(2)9-13/h8-9,11-12H,3-7,10H2,1-2H3,(H,17,18). The summed E-state index contributed by atoms with van der Waals surface area (Å²) in [5.74, 6) is 0.794. The molecule has 0 spiro atoms. The van der Waals surface area contributed by atoms with Crippen LogP contribution >= 0.6 is 0 Å². The Morgan fingerprint density at radius 2 is 2.24 bits per heavy atom. The molecule has 0 aromatic carbocycles. The van der Waals surface area contributed by atoms with Crippen LogP contribution in [0.4, 0.5) is 5.69 Å². The molecule has 2 aromatic heterocycles. The van der Waals surface area contributed by atoms with E-state index >= 15 is 0 Å². The van der Waals surface area contributed by atoms with Gasteiger partial charge in [-0.2, -0.15) is 10.2 Å². The first-order chi connectivity index (χ1) is 12.2. The maximum absolute atomic E-state index is 12.5. The Morgan fingerprint density at radius 3 is 2.88 bits per heavy atom. The van der Waals surface area contributed by atoms with Gasteiger partial charge < -0.3 is 15.1 Å². The summed E-state index contributed by atoms with van der Waals surface area (Å²) >= 11 is 0. The number of rotatable bonds is 5. The van der Waals surface area contributed by atoms with Gasteiger partial charge in [0.15, 0.2) is 5.96 Å². The summed E-state index contributed by atoms with van der Waals surface area (Å²) < 4.78 is 3.43. The second-order valence-electron chi connectivity index (χ2n) is 5.73. The van der Waals surface area contributed by atoms with Crippen molar-refractivity contribution in [2.75, 3.05) is 37.6 Å². The van der Waals surface area contributed by atoms with Crippen LogP contribution in [0, 0.1) is 0 Å². The van der Waals surface area contributed by atoms with E-state index in [1.165, 1.54) is 6.33 Å². The summed E-state index contributed by atoms with van der Waals surface area (Å²) in [6.45, 7) is 5.61. The number of piperazine rings is 1. The molecule has 1 aliphatic heterocycles. The third-order valence-electron chi connectivity index (χ3n) is 3.92. The lowest BCUT2D eigenvalue weighted by Gasteiger charge is -2.35. The van der Waals surface area contributed by atoms with E-state index in [0.29, 0.717) is 26.2 Å². The van der Waals surface area contributed by atoms with Crippen LogP contribution in [-0.4, -0.2) is 74.0 Å². The van der Waals surface area contributed by atoms with E-state index in [-0.39, 0.29) is 5.91 Å². The second-order valence-corrected chi connectivity index (χ2v) is 5.73. The summed E-state index contributed by atoms with van der Waals surface area (Å²) in [6.07, 6.45) is 6.74. The molecule has 1 N–H and O–H groups in total. The topological polar surface area (TPSA) is 96.5 Å². The molecule has 1 saturated heterocycles. The average Bonchev–Trinajstić information content (AvgIpc) is 3.26. The van der Waals surface area contributed by atoms with E-state index in [2.05, 4.69) is 25.5 Å². The van der Waals surface area contributed by atoms with E-state index in [0.717, 1.165) is 24.7 Å². The monoisotopic (exact) mass is 345 g/mol. The number of hydrogen-bond donors (Lipinski definition) is 1. The lowest BCUT2D eigenvalue weighted by atomic mass is 10.3. The molecular weight excluding hydrogens is 322 g/mol. The van der Waals surface area contributed by atoms with Gasteiger partial charge >= 0.3 is 0 Å². The van der Waals surface area contributed by atoms with Crippen molar-refractivity contribution in [1.29, 1.82) is 0 Å². The Morgan fingerprint density at radius 1 is 1.36 bits per heavy atom. The number of aromatic nitrogens is 5. The fraction of sp³-hybridized carbons (Fsp3) is 0.533. The Kier molecular flexibility index (Phi) is 5.26. The van der Waals surface area contributed by atoms with Crippen LogP contribution in [-0.2, 0) is 18.4 Å². The molecule has 0 aliphatic carbocycles. The maximum atomic E-state index is 12.5. The minimum Gasteiger partial charge on any atom is -0.357 e. The molecule has 10 heteroatoms. The highest BCUT2D eigenvalue weighted by Crippen LogP contribution is 2.16. The van der Waals surface area contributed by atoms with Crippen molar-refractivity contribution >= 4 is 17.6 Å². The molecule has 2 aromatic rings. The number of carbonyl (C=O) groups is 1. The van der Waals surface area contributed by atoms with Crippen molar-refractivity contribution in [3.8, 4) is 0 Å². The van der Waals surface area contributed by atoms with Gasteiger partial charge in [0.05, 0.1) is 25.0 Å². The molecule has 3 rings (SSSR count). The second kappa shape index (κ2) is 7.77. The van der Waals surface area contributed by atoms with Crippen molar-refractivity contribution in [1.82, 2.24) is 34.8 Å². The number of nitrogens with zero attached hydrogens (tertiary/aromatic N) is 8. The number of hydrogen-bond acceptors (Lipinski definition) is 5. The van der Waals surface area contributed by atoms with Crippen molar-refractivity contribution in [3.05, 3.63) is 25.0 Å². The molecule has 25 heavy (non-hydrogen) atoms. The summed E-state index contributed by atoms with van der Waals surface area (Å²) in [5, 5.41) is 11.5. The van der Waals surface area contributed by atoms with Crippen LogP contribution in [0.15, 0.2) is 30.0 Å². The SMILES string of the molecule is CCNC(=NCCn1cncn1)N1CCN(c2cnn(C)c2)C(=O)C1. The van der Waals surface area contributed by atoms with E-state index in [9.17, 15) is 4.79 Å². The third kappa shape index (κ3) is 4.14. The van der Waals surface area contributed by atoms with E-state index in [1.807, 2.05) is 25.1 Å². The lowest BCUT2D eigenvalue weighted by Crippen LogP contribution is -2.55. The van der Waals surface area contributed by atoms with Crippen LogP contribution < -0.4 is 10.2 Å². The zero-order valence-electron chi connectivity index (χ0n) is 14.5. The average molecular weight is 345 g/mol. The Hall–Kier alpha value is -2.91. The van der Waals surface area contributed by atoms with Crippen LogP contribution in [0.2, 0.25) is 0 Å². The van der Waals surface area contributed by atoms with Crippen molar-refractivity contribution in [3.63, 3.8) is 0 Å². The predicted octanol–water partition coefficient (Wildman–Crippen LogP) is -0.674. The van der Waals surface area contributed by atoms with Gasteiger partial charge in [0.1, 0.15) is 19.2 Å². The number of aliphatic imine (C=N–C) groups is 1. The molecule has 0 unspecified atom stereocenters. The molecule has 1 aliphatic rings. The van der Waals surface area contributed by atoms with Gasteiger partial charge in [-0.25, -0.2) is 4.98 Å². The first kappa shape index (κ1) is 16.9. The van der Waals surface area contributed by atoms with Crippen LogP contribution in [0.3, 0.4) is 0 Å². The molecule has 0 saturated carbocycles. The van der Waals surface area contributed by atoms with Crippen molar-refractivity contribution in [2.45, 2.75) is 13.5 Å². The van der Waals surface area contributed by atoms with Gasteiger partial charge in [0.25, 0.3) is 0 Å². The fourth-order valence-electron chi connectivity index (χ4n) is 2.71. The van der Waals surface area contributed by atoms with Gasteiger partial charge in [-0.1, -0.05) is 0 Å². The quantitative estimate of drug-likeness (QED) is 0.570. The minimum atomic E-state index is 0.0427. The lowest BCUT2D eigenvalue weighted by molar-refractivity contribution is -0.120. The van der Waals surface area contributed by atoms with Crippen LogP contribution in [0.1, 0.15) is 6.92 Å². The zero-order valence-corrected chi connectivity index (χ0v) is 14.5. The van der Waals surface area contributed by atoms with Crippen LogP contribution in [0.5, 0.6) is 0 Å². The minimum absolute atomic E-state index is 0.0427. The van der Waals surface area contributed by atoms with E-state index in [1.54, 1.807) is 26.8 Å². The Balaban J connectivity index is 1.61. The van der Waals surface area contributed by atoms with Gasteiger partial charge in [0, 0.05) is 32.9 Å². The van der Waals surface area contributed by atoms with E-state index < -0.39 is 0 Å². The highest BCUT2D eigenvalue weighted by molar-refractivity contribution is 5.98. The number of aryl methyl sites for hydroxylation is 1. The first-order valence-electron chi connectivity index (χ1n) is 8.32. The fourth-order valence-corrected chi connectivity index (χ4v) is 2.71. The molecule has 3 heterocycles. The normalized spacial score (nSPS) is 15.8. The third-order valence-corrected chi connectivity index (χ3v) is 3.92. The predicted molar refractivity (Wildman–Crippen MR) is 93.1 cm³/mol. The molecule has 1 fully saturated rings. The Labute approximate surface area is 146 Å². The van der Waals surface area contributed by atoms with Crippen molar-refractivity contribution in [2.24, 2.45) is 12.0 Å². The summed E-state index contributed by atoms with van der Waals surface area (Å²) in [6, 6.07) is 0. The number of nitrogens with one attached hydrogen (secondary N) is 1. The molecule has 0 atom stereocenters. The van der Waals surface area contributed by atoms with Gasteiger partial charge in [-0.05, 0) is 6.92 Å². The summed E-state index contributed by atoms with van der Waals surface area (Å²) in [5.41, 5.74) is 0.834. The molecular formula is C15H23N9O. The highest BCUT2D eigenvalue weighted by atomic mass is 16.2. The largest absolute Gasteiger partial charge is 0.357 e. The molecule has 134 valence electrons. The van der Waals surface area contributed by atoms with Gasteiger partial charge in [0.2, 0.25) is 5.91 Å². The first-order valence-corrected chi connectivity index (χ1v) is 8.32. The van der Waals surface area contributed by atoms with E-state index in [4.69, 9.17) is 0 Å². The maximum Gasteiger partial charge on any atom is 0.246 e. The van der Waals surface area contributed by atoms with Crippen LogP contribution in [0.25, 0.3) is 0 Å².